The fourth-order valence-electron chi connectivity index (χ4n) is 16.9. The number of furan rings is 3. The second kappa shape index (κ2) is 24.9. The minimum atomic E-state index is 0.545. The minimum absolute atomic E-state index is 0.545. The van der Waals surface area contributed by atoms with Crippen LogP contribution in [0.1, 0.15) is 0 Å². The van der Waals surface area contributed by atoms with Gasteiger partial charge in [-0.15, -0.1) is 11.3 Å². The highest BCUT2D eigenvalue weighted by Crippen LogP contribution is 2.50. The molecule has 24 rings (SSSR count). The van der Waals surface area contributed by atoms with E-state index in [1.807, 2.05) is 72.8 Å². The molecule has 518 valence electrons. The second-order valence-electron chi connectivity index (χ2n) is 28.1. The number of para-hydroxylation sites is 5. The molecule has 11 nitrogen and oxygen atoms in total. The van der Waals surface area contributed by atoms with Crippen molar-refractivity contribution in [2.75, 3.05) is 4.90 Å². The van der Waals surface area contributed by atoms with Gasteiger partial charge in [0.05, 0.1) is 49.1 Å². The first-order valence-electron chi connectivity index (χ1n) is 37.1. The van der Waals surface area contributed by atoms with Gasteiger partial charge in [-0.3, -0.25) is 9.13 Å². The standard InChI is InChI=1S/C50H27N3O2S.C49H31N5O/c1-2-12-28(13-3-1)36-27-37-45-41(55-48(37)33-16-5-4-14-30(33)36)25-24-39-44(45)34-17-6-9-19-38(34)53(39)50-51-46(49-47(52-50)35-18-8-11-21-43(35)56-49)29-22-23-32-31-15-7-10-20-40(31)54-42(32)26-29;1-5-17-32(18-6-1)47-50-48(33-19-7-2-8-20-33)52-49(51-47)54-41-28-16-15-27-39(41)44-42(54)30-29-38-40-31-43(36-25-13-14-26-37(36)45(40)55-46(38)44)53(34-21-9-3-10-22-34)35-23-11-4-12-24-35/h1-27H;1-31H. The fraction of sp³-hybridized carbons (Fsp3) is 0. The maximum Gasteiger partial charge on any atom is 0.238 e. The molecule has 0 fully saturated rings. The predicted octanol–water partition coefficient (Wildman–Crippen LogP) is 27.1. The van der Waals surface area contributed by atoms with Crippen LogP contribution in [0.4, 0.5) is 17.1 Å². The molecular formula is C99H58N8O3S. The molecule has 8 heterocycles. The summed E-state index contributed by atoms with van der Waals surface area (Å²) in [5, 5.41) is 16.3. The molecule has 111 heavy (non-hydrogen) atoms. The van der Waals surface area contributed by atoms with Crippen molar-refractivity contribution in [1.29, 1.82) is 0 Å². The van der Waals surface area contributed by atoms with E-state index in [0.717, 1.165) is 181 Å². The van der Waals surface area contributed by atoms with Crippen LogP contribution in [0.2, 0.25) is 0 Å². The summed E-state index contributed by atoms with van der Waals surface area (Å²) in [6.07, 6.45) is 0. The fourth-order valence-corrected chi connectivity index (χ4v) is 18.1. The Morgan fingerprint density at radius 2 is 0.766 bits per heavy atom. The van der Waals surface area contributed by atoms with Gasteiger partial charge in [-0.05, 0) is 114 Å². The summed E-state index contributed by atoms with van der Waals surface area (Å²) in [5.41, 5.74) is 19.4. The van der Waals surface area contributed by atoms with Gasteiger partial charge in [0, 0.05) is 103 Å². The van der Waals surface area contributed by atoms with Gasteiger partial charge in [-0.2, -0.15) is 9.97 Å². The minimum Gasteiger partial charge on any atom is -0.456 e. The molecule has 16 aromatic carbocycles. The molecular weight excluding hydrogens is 1380 g/mol. The molecule has 0 saturated carbocycles. The van der Waals surface area contributed by atoms with E-state index in [-0.39, 0.29) is 0 Å². The predicted molar refractivity (Wildman–Crippen MR) is 457 cm³/mol. The lowest BCUT2D eigenvalue weighted by atomic mass is 9.94. The average molecular weight is 1440 g/mol. The van der Waals surface area contributed by atoms with E-state index in [2.05, 4.69) is 293 Å². The van der Waals surface area contributed by atoms with Crippen LogP contribution in [0.5, 0.6) is 0 Å². The average Bonchev–Trinajstić information content (AvgIpc) is 1.55. The van der Waals surface area contributed by atoms with Crippen LogP contribution < -0.4 is 4.90 Å². The van der Waals surface area contributed by atoms with Crippen LogP contribution in [-0.4, -0.2) is 34.1 Å². The molecule has 0 N–H and O–H groups in total. The molecule has 8 aromatic heterocycles. The first-order chi connectivity index (χ1) is 55.1. The zero-order valence-electron chi connectivity index (χ0n) is 59.2. The lowest BCUT2D eigenvalue weighted by molar-refractivity contribution is 0.669. The number of benzene rings is 16. The van der Waals surface area contributed by atoms with Crippen LogP contribution in [-0.2, 0) is 0 Å². The quantitative estimate of drug-likeness (QED) is 0.139. The molecule has 0 aliphatic carbocycles. The number of hydrogen-bond donors (Lipinski definition) is 0. The third-order valence-electron chi connectivity index (χ3n) is 21.8. The topological polar surface area (TPSA) is 117 Å². The Balaban J connectivity index is 0.000000133. The Labute approximate surface area is 636 Å². The van der Waals surface area contributed by atoms with Gasteiger partial charge in [-0.1, -0.05) is 255 Å². The van der Waals surface area contributed by atoms with Crippen molar-refractivity contribution >= 4 is 180 Å². The summed E-state index contributed by atoms with van der Waals surface area (Å²) in [7, 11) is 0. The molecule has 24 aromatic rings. The lowest BCUT2D eigenvalue weighted by Crippen LogP contribution is -2.10. The van der Waals surface area contributed by atoms with Crippen molar-refractivity contribution in [3.05, 3.63) is 352 Å². The molecule has 12 heteroatoms. The van der Waals surface area contributed by atoms with Crippen LogP contribution in [0.3, 0.4) is 0 Å². The summed E-state index contributed by atoms with van der Waals surface area (Å²) in [4.78, 5) is 28.5. The van der Waals surface area contributed by atoms with Crippen molar-refractivity contribution in [2.24, 2.45) is 0 Å². The summed E-state index contributed by atoms with van der Waals surface area (Å²) in [6, 6.07) is 122. The van der Waals surface area contributed by atoms with Crippen LogP contribution >= 0.6 is 11.3 Å². The van der Waals surface area contributed by atoms with Crippen LogP contribution in [0.25, 0.3) is 208 Å². The Morgan fingerprint density at radius 3 is 1.44 bits per heavy atom. The van der Waals surface area contributed by atoms with Gasteiger partial charge in [0.1, 0.15) is 33.5 Å². The molecule has 0 aliphatic rings. The van der Waals surface area contributed by atoms with E-state index in [1.165, 1.54) is 21.2 Å². The Morgan fingerprint density at radius 1 is 0.270 bits per heavy atom. The molecule has 0 radical (unpaired) electrons. The molecule has 0 aliphatic heterocycles. The smallest absolute Gasteiger partial charge is 0.238 e. The molecule has 0 atom stereocenters. The monoisotopic (exact) mass is 1440 g/mol. The number of thiophene rings is 1. The largest absolute Gasteiger partial charge is 0.456 e. The zero-order valence-corrected chi connectivity index (χ0v) is 60.0. The third kappa shape index (κ3) is 9.81. The summed E-state index contributed by atoms with van der Waals surface area (Å²) in [5.74, 6) is 2.39. The number of aromatic nitrogens is 7. The molecule has 0 spiro atoms. The number of nitrogens with zero attached hydrogens (tertiary/aromatic N) is 8. The van der Waals surface area contributed by atoms with Gasteiger partial charge in [-0.25, -0.2) is 15.0 Å². The summed E-state index contributed by atoms with van der Waals surface area (Å²) >= 11 is 1.73. The van der Waals surface area contributed by atoms with Gasteiger partial charge < -0.3 is 18.2 Å². The Hall–Kier alpha value is -14.9. The summed E-state index contributed by atoms with van der Waals surface area (Å²) < 4.78 is 26.9. The van der Waals surface area contributed by atoms with Gasteiger partial charge in [0.2, 0.25) is 11.9 Å². The first-order valence-corrected chi connectivity index (χ1v) is 37.9. The number of hydrogen-bond acceptors (Lipinski definition) is 10. The molecule has 0 amide bonds. The van der Waals surface area contributed by atoms with E-state index in [1.54, 1.807) is 11.3 Å². The maximum atomic E-state index is 7.08. The van der Waals surface area contributed by atoms with E-state index in [4.69, 9.17) is 38.2 Å². The van der Waals surface area contributed by atoms with Crippen LogP contribution in [0, 0.1) is 0 Å². The Bertz CT molecular complexity index is 7810. The van der Waals surface area contributed by atoms with Gasteiger partial charge >= 0.3 is 0 Å². The van der Waals surface area contributed by atoms with E-state index in [9.17, 15) is 0 Å². The van der Waals surface area contributed by atoms with Crippen molar-refractivity contribution in [3.8, 4) is 57.1 Å². The zero-order chi connectivity index (χ0) is 72.8. The highest BCUT2D eigenvalue weighted by atomic mass is 32.1. The summed E-state index contributed by atoms with van der Waals surface area (Å²) in [6.45, 7) is 0. The molecule has 0 bridgehead atoms. The normalized spacial score (nSPS) is 12.0. The highest BCUT2D eigenvalue weighted by Gasteiger charge is 2.28. The van der Waals surface area contributed by atoms with Crippen molar-refractivity contribution in [3.63, 3.8) is 0 Å². The van der Waals surface area contributed by atoms with E-state index < -0.39 is 0 Å². The number of rotatable bonds is 9. The Kier molecular flexibility index (Phi) is 14.0. The molecule has 0 unspecified atom stereocenters. The number of fused-ring (bicyclic) bond motifs is 24. The highest BCUT2D eigenvalue weighted by molar-refractivity contribution is 7.26. The van der Waals surface area contributed by atoms with Crippen molar-refractivity contribution in [1.82, 2.24) is 34.1 Å². The van der Waals surface area contributed by atoms with Gasteiger partial charge in [0.15, 0.2) is 11.6 Å². The lowest BCUT2D eigenvalue weighted by Gasteiger charge is -2.27. The SMILES string of the molecule is c1ccc(-c2cc3c(oc4ccc5c(c6ccccc6n5-c5nc(-c6ccc7c(c6)oc6ccccc67)c6sc7ccccc7c6n5)c43)c3ccccc23)cc1.c1ccc(-c2nc(-c3ccccc3)nc(-n3c4ccccc4c4c5oc6c7ccccc7c(N(c7ccccc7)c7ccccc7)cc6c5ccc43)n2)cc1. The van der Waals surface area contributed by atoms with E-state index >= 15 is 0 Å². The van der Waals surface area contributed by atoms with Crippen molar-refractivity contribution in [2.45, 2.75) is 0 Å². The number of anilines is 3. The molecule has 0 saturated heterocycles. The van der Waals surface area contributed by atoms with Gasteiger partial charge in [0.25, 0.3) is 0 Å². The maximum absolute atomic E-state index is 7.08. The third-order valence-corrected chi connectivity index (χ3v) is 23.0. The van der Waals surface area contributed by atoms with E-state index in [0.29, 0.717) is 23.5 Å². The first kappa shape index (κ1) is 62.4. The van der Waals surface area contributed by atoms with Crippen molar-refractivity contribution < 1.29 is 13.3 Å². The second-order valence-corrected chi connectivity index (χ2v) is 29.1. The van der Waals surface area contributed by atoms with Crippen LogP contribution in [0.15, 0.2) is 365 Å².